The molecule has 7 heteroatoms. The third-order valence-electron chi connectivity index (χ3n) is 2.79. The van der Waals surface area contributed by atoms with Crippen LogP contribution in [-0.2, 0) is 9.59 Å². The number of carbonyl (C=O) groups excluding carboxylic acids is 2. The number of nitrogens with one attached hydrogen (secondary N) is 1. The van der Waals surface area contributed by atoms with Gasteiger partial charge in [0.25, 0.3) is 0 Å². The van der Waals surface area contributed by atoms with Crippen LogP contribution in [0.1, 0.15) is 10.9 Å². The van der Waals surface area contributed by atoms with E-state index in [1.54, 1.807) is 24.1 Å². The van der Waals surface area contributed by atoms with Gasteiger partial charge in [-0.3, -0.25) is 9.59 Å². The lowest BCUT2D eigenvalue weighted by Crippen LogP contribution is -2.37. The van der Waals surface area contributed by atoms with Crippen molar-refractivity contribution in [2.45, 2.75) is 5.37 Å². The van der Waals surface area contributed by atoms with Crippen molar-refractivity contribution in [3.63, 3.8) is 0 Å². The van der Waals surface area contributed by atoms with Gasteiger partial charge in [-0.05, 0) is 17.7 Å². The predicted octanol–water partition coefficient (Wildman–Crippen LogP) is 2.31. The van der Waals surface area contributed by atoms with Crippen molar-refractivity contribution in [2.24, 2.45) is 0 Å². The Balaban J connectivity index is 2.24. The van der Waals surface area contributed by atoms with Crippen LogP contribution >= 0.6 is 35.0 Å². The van der Waals surface area contributed by atoms with Gasteiger partial charge in [0.15, 0.2) is 0 Å². The topological polar surface area (TPSA) is 49.4 Å². The number of nitrogens with zero attached hydrogens (tertiary/aromatic N) is 1. The molecule has 1 heterocycles. The number of halogens is 2. The highest BCUT2D eigenvalue weighted by Gasteiger charge is 2.34. The molecule has 1 aromatic rings. The lowest BCUT2D eigenvalue weighted by atomic mass is 10.2. The van der Waals surface area contributed by atoms with Gasteiger partial charge in [-0.2, -0.15) is 0 Å². The summed E-state index contributed by atoms with van der Waals surface area (Å²) in [6, 6.07) is 5.25. The molecule has 19 heavy (non-hydrogen) atoms. The van der Waals surface area contributed by atoms with Gasteiger partial charge < -0.3 is 10.2 Å². The van der Waals surface area contributed by atoms with Crippen molar-refractivity contribution in [1.82, 2.24) is 10.2 Å². The number of carbonyl (C=O) groups is 2. The number of rotatable bonds is 3. The molecule has 0 radical (unpaired) electrons. The second-order valence-corrected chi connectivity index (χ2v) is 5.91. The first-order valence-corrected chi connectivity index (χ1v) is 7.40. The minimum Gasteiger partial charge on any atom is -0.358 e. The maximum atomic E-state index is 11.8. The highest BCUT2D eigenvalue weighted by Crippen LogP contribution is 2.40. The minimum absolute atomic E-state index is 0.0489. The van der Waals surface area contributed by atoms with Gasteiger partial charge in [0.2, 0.25) is 11.8 Å². The van der Waals surface area contributed by atoms with Crippen LogP contribution in [0.5, 0.6) is 0 Å². The summed E-state index contributed by atoms with van der Waals surface area (Å²) in [7, 11) is 1.55. The Hall–Kier alpha value is -0.910. The quantitative estimate of drug-likeness (QED) is 0.930. The van der Waals surface area contributed by atoms with Crippen molar-refractivity contribution in [2.75, 3.05) is 19.3 Å². The van der Waals surface area contributed by atoms with Crippen LogP contribution in [0, 0.1) is 0 Å². The number of hydrogen-bond donors (Lipinski definition) is 1. The summed E-state index contributed by atoms with van der Waals surface area (Å²) in [5.74, 6) is 0.118. The maximum Gasteiger partial charge on any atom is 0.239 e. The molecule has 0 saturated carbocycles. The van der Waals surface area contributed by atoms with Gasteiger partial charge in [0.05, 0.1) is 15.8 Å². The van der Waals surface area contributed by atoms with E-state index >= 15 is 0 Å². The van der Waals surface area contributed by atoms with Crippen LogP contribution in [0.15, 0.2) is 18.2 Å². The molecule has 1 N–H and O–H groups in total. The van der Waals surface area contributed by atoms with E-state index in [4.69, 9.17) is 23.2 Å². The standard InChI is InChI=1S/C12H12Cl2N2O2S/c1-15-10(17)5-16-11(18)6-19-12(16)7-2-3-8(13)9(14)4-7/h2-4,12H,5-6H2,1H3,(H,15,17)/t12-/m0/s1. The zero-order valence-electron chi connectivity index (χ0n) is 10.2. The van der Waals surface area contributed by atoms with Crippen LogP contribution in [0.2, 0.25) is 10.0 Å². The summed E-state index contributed by atoms with van der Waals surface area (Å²) >= 11 is 13.3. The van der Waals surface area contributed by atoms with E-state index in [0.717, 1.165) is 5.56 Å². The monoisotopic (exact) mass is 318 g/mol. The van der Waals surface area contributed by atoms with Crippen LogP contribution in [0.25, 0.3) is 0 Å². The molecule has 1 fully saturated rings. The fourth-order valence-electron chi connectivity index (χ4n) is 1.80. The highest BCUT2D eigenvalue weighted by molar-refractivity contribution is 8.00. The zero-order valence-corrected chi connectivity index (χ0v) is 12.5. The van der Waals surface area contributed by atoms with E-state index in [1.807, 2.05) is 6.07 Å². The van der Waals surface area contributed by atoms with Crippen molar-refractivity contribution in [3.05, 3.63) is 33.8 Å². The van der Waals surface area contributed by atoms with Gasteiger partial charge >= 0.3 is 0 Å². The number of likely N-dealkylation sites (N-methyl/N-ethyl adjacent to an activating group) is 1. The molecule has 4 nitrogen and oxygen atoms in total. The lowest BCUT2D eigenvalue weighted by Gasteiger charge is -2.23. The Bertz CT molecular complexity index is 524. The molecule has 1 aromatic carbocycles. The average molecular weight is 319 g/mol. The van der Waals surface area contributed by atoms with E-state index in [-0.39, 0.29) is 23.7 Å². The van der Waals surface area contributed by atoms with E-state index in [1.165, 1.54) is 11.8 Å². The molecule has 1 aliphatic heterocycles. The average Bonchev–Trinajstić information content (AvgIpc) is 2.74. The smallest absolute Gasteiger partial charge is 0.239 e. The first-order valence-electron chi connectivity index (χ1n) is 5.59. The van der Waals surface area contributed by atoms with Crippen molar-refractivity contribution < 1.29 is 9.59 Å². The summed E-state index contributed by atoms with van der Waals surface area (Å²) in [5, 5.41) is 3.23. The molecule has 102 valence electrons. The third-order valence-corrected chi connectivity index (χ3v) is 4.78. The Morgan fingerprint density at radius 3 is 2.84 bits per heavy atom. The Morgan fingerprint density at radius 1 is 1.47 bits per heavy atom. The molecule has 2 rings (SSSR count). The van der Waals surface area contributed by atoms with Gasteiger partial charge in [-0.1, -0.05) is 29.3 Å². The predicted molar refractivity (Wildman–Crippen MR) is 77.4 cm³/mol. The fourth-order valence-corrected chi connectivity index (χ4v) is 3.28. The van der Waals surface area contributed by atoms with E-state index in [2.05, 4.69) is 5.32 Å². The lowest BCUT2D eigenvalue weighted by molar-refractivity contribution is -0.133. The second kappa shape index (κ2) is 6.03. The largest absolute Gasteiger partial charge is 0.358 e. The van der Waals surface area contributed by atoms with E-state index in [0.29, 0.717) is 15.8 Å². The second-order valence-electron chi connectivity index (χ2n) is 4.03. The Morgan fingerprint density at radius 2 is 2.21 bits per heavy atom. The fraction of sp³-hybridized carbons (Fsp3) is 0.333. The molecule has 0 spiro atoms. The number of thioether (sulfide) groups is 1. The molecule has 0 aromatic heterocycles. The normalized spacial score (nSPS) is 18.8. The van der Waals surface area contributed by atoms with Crippen molar-refractivity contribution >= 4 is 46.8 Å². The van der Waals surface area contributed by atoms with Crippen LogP contribution < -0.4 is 5.32 Å². The van der Waals surface area contributed by atoms with Crippen LogP contribution in [-0.4, -0.2) is 36.1 Å². The highest BCUT2D eigenvalue weighted by atomic mass is 35.5. The summed E-state index contributed by atoms with van der Waals surface area (Å²) in [6.45, 7) is 0.0489. The SMILES string of the molecule is CNC(=O)CN1C(=O)CS[C@H]1c1ccc(Cl)c(Cl)c1. The van der Waals surface area contributed by atoms with Crippen LogP contribution in [0.3, 0.4) is 0 Å². The van der Waals surface area contributed by atoms with Crippen molar-refractivity contribution in [3.8, 4) is 0 Å². The summed E-state index contributed by atoms with van der Waals surface area (Å²) in [4.78, 5) is 24.8. The maximum absolute atomic E-state index is 11.8. The third kappa shape index (κ3) is 3.16. The first-order chi connectivity index (χ1) is 9.02. The molecule has 1 saturated heterocycles. The molecule has 0 bridgehead atoms. The molecule has 0 aliphatic carbocycles. The number of hydrogen-bond acceptors (Lipinski definition) is 3. The van der Waals surface area contributed by atoms with Gasteiger partial charge in [0.1, 0.15) is 11.9 Å². The van der Waals surface area contributed by atoms with Gasteiger partial charge in [-0.25, -0.2) is 0 Å². The number of amides is 2. The molecular weight excluding hydrogens is 307 g/mol. The Kier molecular flexibility index (Phi) is 4.60. The first kappa shape index (κ1) is 14.5. The molecule has 1 aliphatic rings. The molecular formula is C12H12Cl2N2O2S. The van der Waals surface area contributed by atoms with Crippen LogP contribution in [0.4, 0.5) is 0 Å². The minimum atomic E-state index is -0.195. The summed E-state index contributed by atoms with van der Waals surface area (Å²) < 4.78 is 0. The number of benzene rings is 1. The zero-order chi connectivity index (χ0) is 14.0. The van der Waals surface area contributed by atoms with E-state index < -0.39 is 0 Å². The van der Waals surface area contributed by atoms with Gasteiger partial charge in [0, 0.05) is 7.05 Å². The molecule has 0 unspecified atom stereocenters. The molecule has 2 amide bonds. The van der Waals surface area contributed by atoms with E-state index in [9.17, 15) is 9.59 Å². The van der Waals surface area contributed by atoms with Crippen molar-refractivity contribution in [1.29, 1.82) is 0 Å². The summed E-state index contributed by atoms with van der Waals surface area (Å²) in [6.07, 6.45) is 0. The summed E-state index contributed by atoms with van der Waals surface area (Å²) in [5.41, 5.74) is 0.870. The Labute approximate surface area is 125 Å². The van der Waals surface area contributed by atoms with Gasteiger partial charge in [-0.15, -0.1) is 11.8 Å². The molecule has 1 atom stereocenters.